The monoisotopic (exact) mass is 326 g/mol. The number of anilines is 2. The van der Waals surface area contributed by atoms with E-state index in [4.69, 9.17) is 0 Å². The number of rotatable bonds is 3. The van der Waals surface area contributed by atoms with Crippen LogP contribution in [0.3, 0.4) is 0 Å². The molecule has 8 heteroatoms. The van der Waals surface area contributed by atoms with Gasteiger partial charge in [-0.05, 0) is 23.3 Å². The Labute approximate surface area is 136 Å². The molecule has 0 spiro atoms. The molecule has 0 saturated carbocycles. The van der Waals surface area contributed by atoms with E-state index in [9.17, 15) is 20.1 Å². The molecule has 2 aromatic carbocycles. The number of nitro benzene ring substituents is 1. The molecule has 4 N–H and O–H groups in total. The Morgan fingerprint density at radius 2 is 1.92 bits per heavy atom. The van der Waals surface area contributed by atoms with Crippen LogP contribution in [0.25, 0.3) is 0 Å². The summed E-state index contributed by atoms with van der Waals surface area (Å²) in [6.45, 7) is 0. The van der Waals surface area contributed by atoms with E-state index < -0.39 is 22.9 Å². The van der Waals surface area contributed by atoms with Gasteiger partial charge in [0.05, 0.1) is 28.6 Å². The van der Waals surface area contributed by atoms with E-state index in [-0.39, 0.29) is 11.6 Å². The Kier molecular flexibility index (Phi) is 3.22. The van der Waals surface area contributed by atoms with Crippen molar-refractivity contribution >= 4 is 23.0 Å². The first-order chi connectivity index (χ1) is 11.6. The maximum Gasteiger partial charge on any atom is 0.271 e. The van der Waals surface area contributed by atoms with Crippen molar-refractivity contribution < 1.29 is 14.9 Å². The van der Waals surface area contributed by atoms with E-state index in [1.165, 1.54) is 12.1 Å². The van der Waals surface area contributed by atoms with Gasteiger partial charge in [-0.3, -0.25) is 14.9 Å². The quantitative estimate of drug-likeness (QED) is 0.507. The highest BCUT2D eigenvalue weighted by Gasteiger charge is 2.45. The number of carbonyl (C=O) groups excluding carboxylic acids is 1. The fraction of sp³-hybridized carbons (Fsp3) is 0.188. The fourth-order valence-electron chi connectivity index (χ4n) is 3.53. The number of hydrogen-bond donors (Lipinski definition) is 4. The van der Waals surface area contributed by atoms with E-state index in [2.05, 4.69) is 16.1 Å². The van der Waals surface area contributed by atoms with Crippen LogP contribution < -0.4 is 16.1 Å². The van der Waals surface area contributed by atoms with Crippen molar-refractivity contribution in [3.63, 3.8) is 0 Å². The summed E-state index contributed by atoms with van der Waals surface area (Å²) in [6, 6.07) is 11.0. The third-order valence-electron chi connectivity index (χ3n) is 4.60. The number of para-hydroxylation sites is 1. The topological polar surface area (TPSA) is 117 Å². The number of fused-ring (bicyclic) bond motifs is 2. The van der Waals surface area contributed by atoms with Crippen molar-refractivity contribution in [3.8, 4) is 0 Å². The van der Waals surface area contributed by atoms with E-state index in [1.54, 1.807) is 6.07 Å². The van der Waals surface area contributed by atoms with Crippen LogP contribution in [0.15, 0.2) is 42.5 Å². The minimum Gasteiger partial charge on any atom is -0.379 e. The first kappa shape index (κ1) is 14.6. The number of carbonyl (C=O) groups is 1. The SMILES string of the molecule is O=C1Nc2cc([N+](=O)[O-])ccc2C1C1Nc2ccccc2C1NO. The van der Waals surface area contributed by atoms with Gasteiger partial charge in [0.2, 0.25) is 5.91 Å². The predicted molar refractivity (Wildman–Crippen MR) is 86.0 cm³/mol. The molecule has 2 heterocycles. The molecule has 0 fully saturated rings. The average Bonchev–Trinajstić information content (AvgIpc) is 3.09. The zero-order valence-electron chi connectivity index (χ0n) is 12.4. The maximum atomic E-state index is 12.5. The van der Waals surface area contributed by atoms with E-state index in [0.29, 0.717) is 11.3 Å². The molecule has 122 valence electrons. The van der Waals surface area contributed by atoms with Crippen molar-refractivity contribution in [1.82, 2.24) is 5.48 Å². The van der Waals surface area contributed by atoms with Crippen LogP contribution in [-0.2, 0) is 4.79 Å². The van der Waals surface area contributed by atoms with Gasteiger partial charge in [0.1, 0.15) is 0 Å². The lowest BCUT2D eigenvalue weighted by Gasteiger charge is -2.24. The lowest BCUT2D eigenvalue weighted by atomic mass is 9.88. The number of non-ortho nitro benzene ring substituents is 1. The molecule has 1 amide bonds. The van der Waals surface area contributed by atoms with Gasteiger partial charge < -0.3 is 15.8 Å². The second-order valence-corrected chi connectivity index (χ2v) is 5.86. The Hall–Kier alpha value is -2.97. The summed E-state index contributed by atoms with van der Waals surface area (Å²) in [7, 11) is 0. The number of benzene rings is 2. The second-order valence-electron chi connectivity index (χ2n) is 5.86. The van der Waals surface area contributed by atoms with Crippen LogP contribution in [0.4, 0.5) is 17.1 Å². The Bertz CT molecular complexity index is 854. The summed E-state index contributed by atoms with van der Waals surface area (Å²) in [6.07, 6.45) is 0. The van der Waals surface area contributed by atoms with Crippen LogP contribution >= 0.6 is 0 Å². The van der Waals surface area contributed by atoms with Crippen molar-refractivity contribution in [2.24, 2.45) is 0 Å². The second kappa shape index (κ2) is 5.29. The van der Waals surface area contributed by atoms with Gasteiger partial charge in [0.25, 0.3) is 5.69 Å². The zero-order valence-corrected chi connectivity index (χ0v) is 12.4. The minimum atomic E-state index is -0.571. The van der Waals surface area contributed by atoms with Crippen LogP contribution in [0, 0.1) is 10.1 Å². The predicted octanol–water partition coefficient (Wildman–Crippen LogP) is 2.14. The summed E-state index contributed by atoms with van der Waals surface area (Å²) >= 11 is 0. The molecule has 0 aromatic heterocycles. The highest BCUT2D eigenvalue weighted by Crippen LogP contribution is 2.45. The molecule has 2 aromatic rings. The maximum absolute atomic E-state index is 12.5. The summed E-state index contributed by atoms with van der Waals surface area (Å²) in [5.74, 6) is -0.825. The summed E-state index contributed by atoms with van der Waals surface area (Å²) < 4.78 is 0. The highest BCUT2D eigenvalue weighted by atomic mass is 16.6. The van der Waals surface area contributed by atoms with Crippen LogP contribution in [0.5, 0.6) is 0 Å². The molecule has 24 heavy (non-hydrogen) atoms. The first-order valence-corrected chi connectivity index (χ1v) is 7.44. The van der Waals surface area contributed by atoms with Gasteiger partial charge >= 0.3 is 0 Å². The normalized spacial score (nSPS) is 24.0. The molecular weight excluding hydrogens is 312 g/mol. The first-order valence-electron chi connectivity index (χ1n) is 7.44. The van der Waals surface area contributed by atoms with Gasteiger partial charge in [-0.15, -0.1) is 0 Å². The molecule has 3 unspecified atom stereocenters. The molecule has 0 saturated heterocycles. The Morgan fingerprint density at radius 1 is 1.12 bits per heavy atom. The van der Waals surface area contributed by atoms with Crippen LogP contribution in [0.1, 0.15) is 23.1 Å². The average molecular weight is 326 g/mol. The van der Waals surface area contributed by atoms with Crippen molar-refractivity contribution in [1.29, 1.82) is 0 Å². The van der Waals surface area contributed by atoms with Gasteiger partial charge in [-0.25, -0.2) is 0 Å². The standard InChI is InChI=1S/C16H14N4O4/c21-16-13(9-6-5-8(20(23)24)7-12(9)18-16)15-14(19-22)10-3-1-2-4-11(10)17-15/h1-7,13-15,17,19,22H,(H,18,21). The summed E-state index contributed by atoms with van der Waals surface area (Å²) in [5, 5.41) is 26.5. The summed E-state index contributed by atoms with van der Waals surface area (Å²) in [5.41, 5.74) is 5.03. The smallest absolute Gasteiger partial charge is 0.271 e. The molecule has 0 aliphatic carbocycles. The van der Waals surface area contributed by atoms with E-state index in [0.717, 1.165) is 11.3 Å². The third-order valence-corrected chi connectivity index (χ3v) is 4.60. The third kappa shape index (κ3) is 2.04. The lowest BCUT2D eigenvalue weighted by Crippen LogP contribution is -2.38. The molecule has 4 rings (SSSR count). The minimum absolute atomic E-state index is 0.0748. The van der Waals surface area contributed by atoms with E-state index in [1.807, 2.05) is 24.3 Å². The van der Waals surface area contributed by atoms with Crippen molar-refractivity contribution in [3.05, 3.63) is 63.7 Å². The summed E-state index contributed by atoms with van der Waals surface area (Å²) in [4.78, 5) is 22.9. The molecule has 3 atom stereocenters. The lowest BCUT2D eigenvalue weighted by molar-refractivity contribution is -0.384. The van der Waals surface area contributed by atoms with Crippen molar-refractivity contribution in [2.45, 2.75) is 18.0 Å². The van der Waals surface area contributed by atoms with Crippen molar-refractivity contribution in [2.75, 3.05) is 10.6 Å². The molecule has 0 radical (unpaired) electrons. The molecular formula is C16H14N4O4. The van der Waals surface area contributed by atoms with Gasteiger partial charge in [-0.2, -0.15) is 5.48 Å². The zero-order chi connectivity index (χ0) is 16.8. The van der Waals surface area contributed by atoms with Gasteiger partial charge in [0.15, 0.2) is 0 Å². The highest BCUT2D eigenvalue weighted by molar-refractivity contribution is 6.04. The van der Waals surface area contributed by atoms with Gasteiger partial charge in [0, 0.05) is 17.8 Å². The fourth-order valence-corrected chi connectivity index (χ4v) is 3.53. The number of nitro groups is 1. The number of amides is 1. The number of hydrogen-bond acceptors (Lipinski definition) is 6. The largest absolute Gasteiger partial charge is 0.379 e. The molecule has 2 aliphatic rings. The number of nitrogens with zero attached hydrogens (tertiary/aromatic N) is 1. The Balaban J connectivity index is 1.74. The van der Waals surface area contributed by atoms with Crippen LogP contribution in [0.2, 0.25) is 0 Å². The van der Waals surface area contributed by atoms with Gasteiger partial charge in [-0.1, -0.05) is 18.2 Å². The molecule has 0 bridgehead atoms. The number of nitrogens with one attached hydrogen (secondary N) is 3. The van der Waals surface area contributed by atoms with E-state index >= 15 is 0 Å². The number of hydroxylamine groups is 1. The molecule has 2 aliphatic heterocycles. The van der Waals surface area contributed by atoms with Crippen LogP contribution in [-0.4, -0.2) is 22.1 Å². The molecule has 8 nitrogen and oxygen atoms in total. The Morgan fingerprint density at radius 3 is 2.67 bits per heavy atom.